The van der Waals surface area contributed by atoms with Gasteiger partial charge in [-0.1, -0.05) is 45.8 Å². The molecule has 2 aromatic carbocycles. The van der Waals surface area contributed by atoms with Crippen molar-refractivity contribution in [1.82, 2.24) is 14.9 Å². The molecule has 0 fully saturated rings. The van der Waals surface area contributed by atoms with Crippen LogP contribution in [0.15, 0.2) is 46.9 Å². The van der Waals surface area contributed by atoms with Gasteiger partial charge in [0.05, 0.1) is 6.54 Å². The fraction of sp³-hybridized carbons (Fsp3) is 0.222. The van der Waals surface area contributed by atoms with Crippen LogP contribution in [0.2, 0.25) is 0 Å². The van der Waals surface area contributed by atoms with Crippen LogP contribution in [0.3, 0.4) is 0 Å². The van der Waals surface area contributed by atoms with Crippen molar-refractivity contribution >= 4 is 28.1 Å². The molecule has 1 aromatic heterocycles. The highest BCUT2D eigenvalue weighted by Gasteiger charge is 2.07. The number of aromatic amines is 1. The lowest BCUT2D eigenvalue weighted by Gasteiger charge is -2.14. The summed E-state index contributed by atoms with van der Waals surface area (Å²) in [6.07, 6.45) is 0. The molecule has 2 N–H and O–H groups in total. The van der Waals surface area contributed by atoms with Gasteiger partial charge in [0, 0.05) is 10.0 Å². The first-order valence-electron chi connectivity index (χ1n) is 7.87. The first-order valence-corrected chi connectivity index (χ1v) is 9.08. The lowest BCUT2D eigenvalue weighted by molar-refractivity contribution is 0.303. The van der Waals surface area contributed by atoms with E-state index in [9.17, 15) is 0 Å². The van der Waals surface area contributed by atoms with E-state index in [1.807, 2.05) is 31.2 Å². The SMILES string of the molecule is Cc1cccc(COc2ccc(Br)cc2CNn2c(C)n[nH]c2=S)c1. The first kappa shape index (κ1) is 17.7. The Hall–Kier alpha value is -2.12. The lowest BCUT2D eigenvalue weighted by atomic mass is 10.1. The molecule has 7 heteroatoms. The van der Waals surface area contributed by atoms with Gasteiger partial charge < -0.3 is 10.2 Å². The van der Waals surface area contributed by atoms with E-state index in [4.69, 9.17) is 17.0 Å². The van der Waals surface area contributed by atoms with Gasteiger partial charge in [-0.3, -0.25) is 5.10 Å². The highest BCUT2D eigenvalue weighted by atomic mass is 79.9. The van der Waals surface area contributed by atoms with Crippen LogP contribution < -0.4 is 10.2 Å². The summed E-state index contributed by atoms with van der Waals surface area (Å²) >= 11 is 8.74. The van der Waals surface area contributed by atoms with Crippen LogP contribution in [0.5, 0.6) is 5.75 Å². The number of halogens is 1. The van der Waals surface area contributed by atoms with Crippen molar-refractivity contribution in [2.24, 2.45) is 0 Å². The van der Waals surface area contributed by atoms with Gasteiger partial charge in [-0.15, -0.1) is 0 Å². The normalized spacial score (nSPS) is 10.7. The molecule has 5 nitrogen and oxygen atoms in total. The molecule has 0 saturated heterocycles. The quantitative estimate of drug-likeness (QED) is 0.572. The number of nitrogens with one attached hydrogen (secondary N) is 2. The van der Waals surface area contributed by atoms with Crippen LogP contribution in [0.1, 0.15) is 22.5 Å². The molecule has 0 atom stereocenters. The third-order valence-corrected chi connectivity index (χ3v) is 4.53. The Morgan fingerprint density at radius 1 is 1.24 bits per heavy atom. The van der Waals surface area contributed by atoms with Crippen molar-refractivity contribution in [2.45, 2.75) is 27.0 Å². The summed E-state index contributed by atoms with van der Waals surface area (Å²) in [5.74, 6) is 1.62. The van der Waals surface area contributed by atoms with E-state index in [-0.39, 0.29) is 0 Å². The first-order chi connectivity index (χ1) is 12.0. The number of aryl methyl sites for hydroxylation is 2. The number of rotatable bonds is 6. The number of H-pyrrole nitrogens is 1. The van der Waals surface area contributed by atoms with Crippen LogP contribution >= 0.6 is 28.1 Å². The zero-order chi connectivity index (χ0) is 17.8. The Kier molecular flexibility index (Phi) is 5.55. The number of nitrogens with zero attached hydrogens (tertiary/aromatic N) is 2. The highest BCUT2D eigenvalue weighted by molar-refractivity contribution is 9.10. The standard InChI is InChI=1S/C18H19BrN4OS/c1-12-4-3-5-14(8-12)11-24-17-7-6-16(19)9-15(17)10-20-23-13(2)21-22-18(23)25/h3-9,20H,10-11H2,1-2H3,(H,22,25). The minimum absolute atomic E-state index is 0.528. The molecule has 25 heavy (non-hydrogen) atoms. The van der Waals surface area contributed by atoms with E-state index in [1.54, 1.807) is 4.68 Å². The number of ether oxygens (including phenoxy) is 1. The molecule has 0 bridgehead atoms. The summed E-state index contributed by atoms with van der Waals surface area (Å²) in [5, 5.41) is 6.86. The molecule has 0 saturated carbocycles. The summed E-state index contributed by atoms with van der Waals surface area (Å²) in [6.45, 7) is 5.06. The monoisotopic (exact) mass is 418 g/mol. The van der Waals surface area contributed by atoms with Crippen molar-refractivity contribution in [1.29, 1.82) is 0 Å². The maximum absolute atomic E-state index is 6.04. The fourth-order valence-corrected chi connectivity index (χ4v) is 3.17. The van der Waals surface area contributed by atoms with E-state index < -0.39 is 0 Å². The molecule has 130 valence electrons. The smallest absolute Gasteiger partial charge is 0.214 e. The van der Waals surface area contributed by atoms with Gasteiger partial charge >= 0.3 is 0 Å². The topological polar surface area (TPSA) is 54.9 Å². The predicted molar refractivity (Wildman–Crippen MR) is 105 cm³/mol. The van der Waals surface area contributed by atoms with Crippen molar-refractivity contribution in [2.75, 3.05) is 5.43 Å². The molecule has 0 spiro atoms. The summed E-state index contributed by atoms with van der Waals surface area (Å²) in [7, 11) is 0. The van der Waals surface area contributed by atoms with Gasteiger partial charge in [0.1, 0.15) is 18.2 Å². The summed E-state index contributed by atoms with van der Waals surface area (Å²) in [6, 6.07) is 14.3. The van der Waals surface area contributed by atoms with Crippen molar-refractivity contribution < 1.29 is 4.74 Å². The van der Waals surface area contributed by atoms with Gasteiger partial charge in [-0.2, -0.15) is 5.10 Å². The van der Waals surface area contributed by atoms with Crippen LogP contribution in [0, 0.1) is 18.6 Å². The van der Waals surface area contributed by atoms with Gasteiger partial charge in [0.2, 0.25) is 4.77 Å². The maximum Gasteiger partial charge on any atom is 0.214 e. The Balaban J connectivity index is 1.75. The minimum Gasteiger partial charge on any atom is -0.489 e. The van der Waals surface area contributed by atoms with Crippen molar-refractivity contribution in [3.8, 4) is 5.75 Å². The van der Waals surface area contributed by atoms with Gasteiger partial charge in [-0.25, -0.2) is 4.68 Å². The average molecular weight is 419 g/mol. The van der Waals surface area contributed by atoms with Crippen molar-refractivity contribution in [3.05, 3.63) is 74.2 Å². The van der Waals surface area contributed by atoms with E-state index >= 15 is 0 Å². The Morgan fingerprint density at radius 2 is 2.08 bits per heavy atom. The average Bonchev–Trinajstić information content (AvgIpc) is 2.90. The molecule has 0 radical (unpaired) electrons. The molecule has 0 aliphatic carbocycles. The largest absolute Gasteiger partial charge is 0.489 e. The van der Waals surface area contributed by atoms with Crippen LogP contribution in [0.25, 0.3) is 0 Å². The number of benzene rings is 2. The van der Waals surface area contributed by atoms with E-state index in [0.29, 0.717) is 17.9 Å². The number of hydrogen-bond acceptors (Lipinski definition) is 4. The number of hydrogen-bond donors (Lipinski definition) is 2. The minimum atomic E-state index is 0.528. The second kappa shape index (κ2) is 7.84. The molecule has 3 aromatic rings. The van der Waals surface area contributed by atoms with Crippen LogP contribution in [-0.2, 0) is 13.2 Å². The molecule has 0 aliphatic rings. The summed E-state index contributed by atoms with van der Waals surface area (Å²) in [4.78, 5) is 0. The van der Waals surface area contributed by atoms with Gasteiger partial charge in [0.15, 0.2) is 0 Å². The fourth-order valence-electron chi connectivity index (χ4n) is 2.52. The highest BCUT2D eigenvalue weighted by Crippen LogP contribution is 2.24. The zero-order valence-corrected chi connectivity index (χ0v) is 16.4. The second-order valence-electron chi connectivity index (χ2n) is 5.78. The van der Waals surface area contributed by atoms with Crippen LogP contribution in [-0.4, -0.2) is 14.9 Å². The molecular weight excluding hydrogens is 400 g/mol. The van der Waals surface area contributed by atoms with Gasteiger partial charge in [-0.05, 0) is 49.8 Å². The van der Waals surface area contributed by atoms with Crippen LogP contribution in [0.4, 0.5) is 0 Å². The summed E-state index contributed by atoms with van der Waals surface area (Å²) in [5.41, 5.74) is 6.68. The molecule has 1 heterocycles. The molecule has 0 unspecified atom stereocenters. The predicted octanol–water partition coefficient (Wildman–Crippen LogP) is 4.64. The lowest BCUT2D eigenvalue weighted by Crippen LogP contribution is -2.16. The number of aromatic nitrogens is 3. The second-order valence-corrected chi connectivity index (χ2v) is 7.08. The summed E-state index contributed by atoms with van der Waals surface area (Å²) < 4.78 is 9.33. The maximum atomic E-state index is 6.04. The molecule has 3 rings (SSSR count). The van der Waals surface area contributed by atoms with E-state index in [0.717, 1.165) is 27.2 Å². The molecule has 0 amide bonds. The van der Waals surface area contributed by atoms with E-state index in [2.05, 4.69) is 56.7 Å². The third-order valence-electron chi connectivity index (χ3n) is 3.77. The van der Waals surface area contributed by atoms with Crippen molar-refractivity contribution in [3.63, 3.8) is 0 Å². The van der Waals surface area contributed by atoms with E-state index in [1.165, 1.54) is 5.56 Å². The van der Waals surface area contributed by atoms with Gasteiger partial charge in [0.25, 0.3) is 0 Å². The Bertz CT molecular complexity index is 935. The Labute approximate surface area is 160 Å². The Morgan fingerprint density at radius 3 is 2.80 bits per heavy atom. The molecule has 0 aliphatic heterocycles. The zero-order valence-electron chi connectivity index (χ0n) is 14.0. The molecular formula is C18H19BrN4OS. The third kappa shape index (κ3) is 4.49.